The van der Waals surface area contributed by atoms with Gasteiger partial charge in [-0.3, -0.25) is 0 Å². The van der Waals surface area contributed by atoms with Gasteiger partial charge in [0, 0.05) is 5.39 Å². The van der Waals surface area contributed by atoms with Crippen molar-refractivity contribution in [1.29, 1.82) is 0 Å². The van der Waals surface area contributed by atoms with E-state index in [2.05, 4.69) is 11.1 Å². The molecule has 126 valence electrons. The number of fused-ring (bicyclic) bond motifs is 2. The van der Waals surface area contributed by atoms with E-state index in [9.17, 15) is 5.11 Å². The molecule has 5 heteroatoms. The molecule has 0 saturated carbocycles. The minimum atomic E-state index is 0.280. The molecule has 5 aromatic rings. The number of nitrogens with zero attached hydrogens (tertiary/aromatic N) is 3. The van der Waals surface area contributed by atoms with Crippen molar-refractivity contribution in [3.05, 3.63) is 72.3 Å². The van der Waals surface area contributed by atoms with Gasteiger partial charge in [-0.1, -0.05) is 30.3 Å². The molecule has 0 aliphatic rings. The maximum absolute atomic E-state index is 9.82. The fourth-order valence-corrected chi connectivity index (χ4v) is 3.27. The Kier molecular flexibility index (Phi) is 3.09. The van der Waals surface area contributed by atoms with Crippen LogP contribution in [0, 0.1) is 6.92 Å². The highest BCUT2D eigenvalue weighted by Gasteiger charge is 2.16. The molecule has 0 aliphatic carbocycles. The van der Waals surface area contributed by atoms with Gasteiger partial charge in [0.1, 0.15) is 11.4 Å². The van der Waals surface area contributed by atoms with Crippen LogP contribution >= 0.6 is 0 Å². The number of H-pyrrole nitrogens is 1. The summed E-state index contributed by atoms with van der Waals surface area (Å²) in [6, 6.07) is 21.5. The highest BCUT2D eigenvalue weighted by molar-refractivity contribution is 5.94. The Morgan fingerprint density at radius 3 is 2.62 bits per heavy atom. The van der Waals surface area contributed by atoms with E-state index in [4.69, 9.17) is 10.1 Å². The van der Waals surface area contributed by atoms with Gasteiger partial charge in [-0.05, 0) is 48.9 Å². The highest BCUT2D eigenvalue weighted by Crippen LogP contribution is 2.30. The lowest BCUT2D eigenvalue weighted by Crippen LogP contribution is -1.97. The Bertz CT molecular complexity index is 1230. The van der Waals surface area contributed by atoms with Gasteiger partial charge in [0.15, 0.2) is 5.82 Å². The molecule has 2 heterocycles. The lowest BCUT2D eigenvalue weighted by molar-refractivity contribution is 0.471. The summed E-state index contributed by atoms with van der Waals surface area (Å²) in [5, 5.41) is 15.7. The third-order valence-electron chi connectivity index (χ3n) is 4.63. The summed E-state index contributed by atoms with van der Waals surface area (Å²) in [5.74, 6) is 1.03. The first-order valence-electron chi connectivity index (χ1n) is 8.43. The SMILES string of the molecule is Cc1cc(-n2nc(-c3nc4ccccc4[nH]3)c3ccccc32)ccc1O. The first-order valence-corrected chi connectivity index (χ1v) is 8.43. The Labute approximate surface area is 149 Å². The van der Waals surface area contributed by atoms with Crippen LogP contribution in [0.5, 0.6) is 5.75 Å². The summed E-state index contributed by atoms with van der Waals surface area (Å²) in [7, 11) is 0. The number of aromatic nitrogens is 4. The Morgan fingerprint density at radius 2 is 1.77 bits per heavy atom. The molecule has 0 fully saturated rings. The number of para-hydroxylation sites is 3. The highest BCUT2D eigenvalue weighted by atomic mass is 16.3. The predicted octanol–water partition coefficient (Wildman–Crippen LogP) is 4.58. The Hall–Kier alpha value is -3.60. The lowest BCUT2D eigenvalue weighted by atomic mass is 10.2. The molecule has 0 saturated heterocycles. The molecule has 0 atom stereocenters. The second kappa shape index (κ2) is 5.46. The molecular formula is C21H16N4O. The summed E-state index contributed by atoms with van der Waals surface area (Å²) >= 11 is 0. The first kappa shape index (κ1) is 14.7. The summed E-state index contributed by atoms with van der Waals surface area (Å²) in [5.41, 5.74) is 5.42. The van der Waals surface area contributed by atoms with Crippen LogP contribution in [-0.4, -0.2) is 24.9 Å². The van der Waals surface area contributed by atoms with Crippen LogP contribution in [0.4, 0.5) is 0 Å². The average Bonchev–Trinajstić information content (AvgIpc) is 3.25. The largest absolute Gasteiger partial charge is 0.508 e. The molecule has 2 aromatic heterocycles. The smallest absolute Gasteiger partial charge is 0.159 e. The number of hydrogen-bond donors (Lipinski definition) is 2. The van der Waals surface area contributed by atoms with Gasteiger partial charge in [-0.25, -0.2) is 9.67 Å². The lowest BCUT2D eigenvalue weighted by Gasteiger charge is -2.05. The molecule has 5 nitrogen and oxygen atoms in total. The number of aromatic hydroxyl groups is 1. The van der Waals surface area contributed by atoms with Crippen LogP contribution < -0.4 is 0 Å². The minimum Gasteiger partial charge on any atom is -0.508 e. The molecule has 0 spiro atoms. The predicted molar refractivity (Wildman–Crippen MR) is 103 cm³/mol. The van der Waals surface area contributed by atoms with E-state index in [1.807, 2.05) is 66.2 Å². The van der Waals surface area contributed by atoms with Gasteiger partial charge in [-0.2, -0.15) is 5.10 Å². The van der Waals surface area contributed by atoms with Crippen LogP contribution in [-0.2, 0) is 0 Å². The quantitative estimate of drug-likeness (QED) is 0.494. The zero-order valence-electron chi connectivity index (χ0n) is 14.1. The van der Waals surface area contributed by atoms with E-state index in [0.717, 1.165) is 44.7 Å². The number of imidazole rings is 1. The van der Waals surface area contributed by atoms with Crippen molar-refractivity contribution < 1.29 is 5.11 Å². The number of phenols is 1. The van der Waals surface area contributed by atoms with E-state index in [-0.39, 0.29) is 5.75 Å². The van der Waals surface area contributed by atoms with E-state index in [1.165, 1.54) is 0 Å². The number of aryl methyl sites for hydroxylation is 1. The third kappa shape index (κ3) is 2.18. The second-order valence-corrected chi connectivity index (χ2v) is 6.35. The van der Waals surface area contributed by atoms with Crippen molar-refractivity contribution in [2.75, 3.05) is 0 Å². The summed E-state index contributed by atoms with van der Waals surface area (Å²) in [6.07, 6.45) is 0. The minimum absolute atomic E-state index is 0.280. The second-order valence-electron chi connectivity index (χ2n) is 6.35. The topological polar surface area (TPSA) is 66.7 Å². The van der Waals surface area contributed by atoms with Crippen molar-refractivity contribution in [2.45, 2.75) is 6.92 Å². The van der Waals surface area contributed by atoms with Crippen molar-refractivity contribution in [3.8, 4) is 23.0 Å². The van der Waals surface area contributed by atoms with Crippen molar-refractivity contribution in [2.24, 2.45) is 0 Å². The molecule has 5 rings (SSSR count). The molecule has 26 heavy (non-hydrogen) atoms. The summed E-state index contributed by atoms with van der Waals surface area (Å²) in [4.78, 5) is 8.06. The van der Waals surface area contributed by atoms with Crippen molar-refractivity contribution in [3.63, 3.8) is 0 Å². The van der Waals surface area contributed by atoms with Gasteiger partial charge in [0.25, 0.3) is 0 Å². The maximum Gasteiger partial charge on any atom is 0.159 e. The Morgan fingerprint density at radius 1 is 0.962 bits per heavy atom. The van der Waals surface area contributed by atoms with E-state index < -0.39 is 0 Å². The van der Waals surface area contributed by atoms with Crippen molar-refractivity contribution in [1.82, 2.24) is 19.7 Å². The van der Waals surface area contributed by atoms with Crippen LogP contribution in [0.3, 0.4) is 0 Å². The van der Waals surface area contributed by atoms with Gasteiger partial charge >= 0.3 is 0 Å². The monoisotopic (exact) mass is 340 g/mol. The average molecular weight is 340 g/mol. The number of aromatic amines is 1. The van der Waals surface area contributed by atoms with E-state index >= 15 is 0 Å². The summed E-state index contributed by atoms with van der Waals surface area (Å²) in [6.45, 7) is 1.88. The third-order valence-corrected chi connectivity index (χ3v) is 4.63. The molecule has 0 amide bonds. The van der Waals surface area contributed by atoms with Crippen LogP contribution in [0.1, 0.15) is 5.56 Å². The van der Waals surface area contributed by atoms with Gasteiger partial charge in [0.05, 0.1) is 22.2 Å². The van der Waals surface area contributed by atoms with Gasteiger partial charge < -0.3 is 10.1 Å². The zero-order chi connectivity index (χ0) is 17.7. The van der Waals surface area contributed by atoms with Crippen LogP contribution in [0.15, 0.2) is 66.7 Å². The summed E-state index contributed by atoms with van der Waals surface area (Å²) < 4.78 is 1.89. The number of nitrogens with one attached hydrogen (secondary N) is 1. The van der Waals surface area contributed by atoms with Crippen LogP contribution in [0.25, 0.3) is 39.1 Å². The number of hydrogen-bond acceptors (Lipinski definition) is 3. The molecule has 0 unspecified atom stereocenters. The number of benzene rings is 3. The number of rotatable bonds is 2. The number of phenolic OH excluding ortho intramolecular Hbond substituents is 1. The molecule has 0 radical (unpaired) electrons. The molecule has 0 bridgehead atoms. The normalized spacial score (nSPS) is 11.4. The zero-order valence-corrected chi connectivity index (χ0v) is 14.1. The molecule has 3 aromatic carbocycles. The van der Waals surface area contributed by atoms with Gasteiger partial charge in [0.2, 0.25) is 0 Å². The Balaban J connectivity index is 1.77. The standard InChI is InChI=1S/C21H16N4O/c1-13-12-14(10-11-19(13)26)25-18-9-5-2-6-15(18)20(24-25)21-22-16-7-3-4-8-17(16)23-21/h2-12,26H,1H3,(H,22,23). The van der Waals surface area contributed by atoms with Crippen LogP contribution in [0.2, 0.25) is 0 Å². The van der Waals surface area contributed by atoms with E-state index in [1.54, 1.807) is 6.07 Å². The van der Waals surface area contributed by atoms with E-state index in [0.29, 0.717) is 0 Å². The fraction of sp³-hybridized carbons (Fsp3) is 0.0476. The molecular weight excluding hydrogens is 324 g/mol. The van der Waals surface area contributed by atoms with Crippen molar-refractivity contribution >= 4 is 21.9 Å². The molecule has 2 N–H and O–H groups in total. The first-order chi connectivity index (χ1) is 12.7. The molecule has 0 aliphatic heterocycles. The maximum atomic E-state index is 9.82. The fourth-order valence-electron chi connectivity index (χ4n) is 3.27. The van der Waals surface area contributed by atoms with Gasteiger partial charge in [-0.15, -0.1) is 0 Å².